The normalized spacial score (nSPS) is 43.3. The predicted octanol–water partition coefficient (Wildman–Crippen LogP) is -1.55. The molecule has 6 nitrogen and oxygen atoms in total. The van der Waals surface area contributed by atoms with Crippen molar-refractivity contribution >= 4 is 0 Å². The minimum atomic E-state index is -0.397. The number of rotatable bonds is 2. The second-order valence-corrected chi connectivity index (χ2v) is 3.27. The molecule has 0 unspecified atom stereocenters. The van der Waals surface area contributed by atoms with Gasteiger partial charge in [-0.3, -0.25) is 0 Å². The van der Waals surface area contributed by atoms with E-state index < -0.39 is 12.2 Å². The predicted molar refractivity (Wildman–Crippen MR) is 43.4 cm³/mol. The molecule has 0 saturated carbocycles. The lowest BCUT2D eigenvalue weighted by atomic mass is 10.0. The summed E-state index contributed by atoms with van der Waals surface area (Å²) in [4.78, 5) is 0. The number of aliphatic hydroxyl groups excluding tert-OH is 2. The lowest BCUT2D eigenvalue weighted by Gasteiger charge is -2.43. The zero-order valence-electron chi connectivity index (χ0n) is 7.67. The molecule has 2 aliphatic rings. The first-order chi connectivity index (χ1) is 6.86. The number of aliphatic hydroxyl groups is 2. The summed E-state index contributed by atoms with van der Waals surface area (Å²) in [6, 6.07) is 0. The van der Waals surface area contributed by atoms with Crippen LogP contribution in [0.1, 0.15) is 0 Å². The highest BCUT2D eigenvalue weighted by molar-refractivity contribution is 4.88. The van der Waals surface area contributed by atoms with Crippen molar-refractivity contribution in [3.05, 3.63) is 0 Å². The maximum Gasteiger partial charge on any atom is 0.147 e. The first-order valence-corrected chi connectivity index (χ1v) is 4.55. The maximum atomic E-state index is 9.03. The van der Waals surface area contributed by atoms with E-state index in [9.17, 15) is 0 Å². The molecule has 2 fully saturated rings. The van der Waals surface area contributed by atoms with Crippen molar-refractivity contribution in [1.29, 1.82) is 0 Å². The summed E-state index contributed by atoms with van der Waals surface area (Å²) in [6.45, 7) is -0.0590. The largest absolute Gasteiger partial charge is 0.394 e. The van der Waals surface area contributed by atoms with Gasteiger partial charge in [-0.05, 0) is 0 Å². The van der Waals surface area contributed by atoms with Crippen molar-refractivity contribution in [3.63, 3.8) is 0 Å². The van der Waals surface area contributed by atoms with Crippen LogP contribution in [-0.4, -0.2) is 61.4 Å². The van der Waals surface area contributed by atoms with Crippen molar-refractivity contribution in [2.24, 2.45) is 0 Å². The molecule has 0 bridgehead atoms. The van der Waals surface area contributed by atoms with Gasteiger partial charge in [-0.2, -0.15) is 0 Å². The summed E-state index contributed by atoms with van der Waals surface area (Å²) < 4.78 is 20.9. The zero-order valence-corrected chi connectivity index (χ0v) is 7.67. The number of hydrogen-bond donors (Lipinski definition) is 2. The Hall–Kier alpha value is -0.240. The molecule has 0 amide bonds. The van der Waals surface area contributed by atoms with Crippen LogP contribution < -0.4 is 0 Å². The quantitative estimate of drug-likeness (QED) is 0.570. The Morgan fingerprint density at radius 1 is 0.786 bits per heavy atom. The summed E-state index contributed by atoms with van der Waals surface area (Å²) in [5, 5.41) is 18.1. The summed E-state index contributed by atoms with van der Waals surface area (Å²) >= 11 is 0. The van der Waals surface area contributed by atoms with Gasteiger partial charge in [0.2, 0.25) is 0 Å². The lowest BCUT2D eigenvalue weighted by molar-refractivity contribution is -0.328. The Kier molecular flexibility index (Phi) is 3.32. The molecule has 0 spiro atoms. The summed E-state index contributed by atoms with van der Waals surface area (Å²) in [6.07, 6.45) is -1.52. The lowest BCUT2D eigenvalue weighted by Crippen LogP contribution is -2.58. The highest BCUT2D eigenvalue weighted by Gasteiger charge is 2.43. The van der Waals surface area contributed by atoms with Crippen molar-refractivity contribution in [3.8, 4) is 0 Å². The van der Waals surface area contributed by atoms with Gasteiger partial charge in [0.25, 0.3) is 0 Å². The van der Waals surface area contributed by atoms with E-state index in [1.54, 1.807) is 0 Å². The molecule has 0 aromatic carbocycles. The van der Waals surface area contributed by atoms with E-state index in [1.165, 1.54) is 0 Å². The molecular weight excluding hydrogens is 192 g/mol. The van der Waals surface area contributed by atoms with Crippen LogP contribution in [0.15, 0.2) is 0 Å². The molecule has 0 radical (unpaired) electrons. The van der Waals surface area contributed by atoms with Crippen LogP contribution in [0.5, 0.6) is 0 Å². The van der Waals surface area contributed by atoms with E-state index >= 15 is 0 Å². The van der Waals surface area contributed by atoms with E-state index in [2.05, 4.69) is 0 Å². The fraction of sp³-hybridized carbons (Fsp3) is 1.00. The van der Waals surface area contributed by atoms with Gasteiger partial charge in [0.15, 0.2) is 0 Å². The Labute approximate surface area is 81.3 Å². The SMILES string of the molecule is OC[C@@H]1OCO[C@H]2[C@@H]1OCO[C@@H]2CO. The number of fused-ring (bicyclic) bond motifs is 1. The summed E-state index contributed by atoms with van der Waals surface area (Å²) in [5.41, 5.74) is 0. The van der Waals surface area contributed by atoms with E-state index in [4.69, 9.17) is 29.2 Å². The van der Waals surface area contributed by atoms with E-state index in [0.717, 1.165) is 0 Å². The Morgan fingerprint density at radius 3 is 1.57 bits per heavy atom. The minimum Gasteiger partial charge on any atom is -0.394 e. The Balaban J connectivity index is 2.04. The van der Waals surface area contributed by atoms with Crippen LogP contribution >= 0.6 is 0 Å². The van der Waals surface area contributed by atoms with E-state index in [1.807, 2.05) is 0 Å². The standard InChI is InChI=1S/C8H14O6/c9-1-5-7-8(14-3-11-5)6(2-10)12-4-13-7/h5-10H,1-4H2/t5-,6+,7-,8-/m1/s1. The third kappa shape index (κ3) is 1.77. The number of ether oxygens (including phenoxy) is 4. The van der Waals surface area contributed by atoms with Crippen molar-refractivity contribution in [1.82, 2.24) is 0 Å². The highest BCUT2D eigenvalue weighted by atomic mass is 16.8. The average Bonchev–Trinajstić information content (AvgIpc) is 2.27. The summed E-state index contributed by atoms with van der Waals surface area (Å²) in [7, 11) is 0. The molecule has 0 aromatic rings. The smallest absolute Gasteiger partial charge is 0.147 e. The van der Waals surface area contributed by atoms with Gasteiger partial charge in [-0.1, -0.05) is 0 Å². The molecule has 2 aliphatic heterocycles. The molecule has 14 heavy (non-hydrogen) atoms. The second-order valence-electron chi connectivity index (χ2n) is 3.27. The maximum absolute atomic E-state index is 9.03. The minimum absolute atomic E-state index is 0.0929. The van der Waals surface area contributed by atoms with Gasteiger partial charge in [-0.25, -0.2) is 0 Å². The number of hydrogen-bond acceptors (Lipinski definition) is 6. The van der Waals surface area contributed by atoms with Crippen molar-refractivity contribution in [2.75, 3.05) is 26.8 Å². The zero-order chi connectivity index (χ0) is 9.97. The van der Waals surface area contributed by atoms with Gasteiger partial charge in [0, 0.05) is 0 Å². The van der Waals surface area contributed by atoms with Crippen LogP contribution in [0.2, 0.25) is 0 Å². The molecule has 2 rings (SSSR count). The van der Waals surface area contributed by atoms with Crippen LogP contribution in [-0.2, 0) is 18.9 Å². The summed E-state index contributed by atoms with van der Waals surface area (Å²) in [5.74, 6) is 0. The Morgan fingerprint density at radius 2 is 1.21 bits per heavy atom. The van der Waals surface area contributed by atoms with Crippen LogP contribution in [0, 0.1) is 0 Å². The van der Waals surface area contributed by atoms with Crippen LogP contribution in [0.25, 0.3) is 0 Å². The topological polar surface area (TPSA) is 77.4 Å². The first-order valence-electron chi connectivity index (χ1n) is 4.55. The molecular formula is C8H14O6. The third-order valence-corrected chi connectivity index (χ3v) is 2.50. The van der Waals surface area contributed by atoms with Gasteiger partial charge < -0.3 is 29.2 Å². The molecule has 2 heterocycles. The molecule has 4 atom stereocenters. The molecule has 2 N–H and O–H groups in total. The molecule has 0 aromatic heterocycles. The molecule has 6 heteroatoms. The third-order valence-electron chi connectivity index (χ3n) is 2.50. The molecule has 82 valence electrons. The second kappa shape index (κ2) is 4.52. The van der Waals surface area contributed by atoms with Gasteiger partial charge in [0.1, 0.15) is 38.0 Å². The monoisotopic (exact) mass is 206 g/mol. The average molecular weight is 206 g/mol. The van der Waals surface area contributed by atoms with Gasteiger partial charge >= 0.3 is 0 Å². The first kappa shape index (κ1) is 10.3. The van der Waals surface area contributed by atoms with E-state index in [0.29, 0.717) is 0 Å². The fourth-order valence-corrected chi connectivity index (χ4v) is 1.74. The molecule has 2 saturated heterocycles. The van der Waals surface area contributed by atoms with Crippen molar-refractivity contribution < 1.29 is 29.2 Å². The Bertz CT molecular complexity index is 167. The highest BCUT2D eigenvalue weighted by Crippen LogP contribution is 2.25. The molecule has 0 aliphatic carbocycles. The fourth-order valence-electron chi connectivity index (χ4n) is 1.74. The van der Waals surface area contributed by atoms with Gasteiger partial charge in [-0.15, -0.1) is 0 Å². The van der Waals surface area contributed by atoms with Gasteiger partial charge in [0.05, 0.1) is 13.2 Å². The van der Waals surface area contributed by atoms with E-state index in [-0.39, 0.29) is 39.0 Å². The van der Waals surface area contributed by atoms with Crippen molar-refractivity contribution in [2.45, 2.75) is 24.4 Å². The van der Waals surface area contributed by atoms with Crippen LogP contribution in [0.3, 0.4) is 0 Å². The van der Waals surface area contributed by atoms with Crippen LogP contribution in [0.4, 0.5) is 0 Å².